The molecule has 0 unspecified atom stereocenters. The number of halogens is 4. The van der Waals surface area contributed by atoms with E-state index in [1.54, 1.807) is 6.07 Å². The molecule has 9 nitrogen and oxygen atoms in total. The van der Waals surface area contributed by atoms with E-state index in [0.29, 0.717) is 12.2 Å². The number of rotatable bonds is 6. The fraction of sp³-hybridized carbons (Fsp3) is 0.118. The summed E-state index contributed by atoms with van der Waals surface area (Å²) in [6.45, 7) is 0. The molecule has 0 radical (unpaired) electrons. The fourth-order valence-electron chi connectivity index (χ4n) is 2.76. The van der Waals surface area contributed by atoms with E-state index in [-0.39, 0.29) is 55.2 Å². The van der Waals surface area contributed by atoms with Crippen LogP contribution >= 0.6 is 49.6 Å². The standard InChI is InChI=1S/C17H12O9.4ClH/c18-11(9-4-2-1-3-5-9)10-6-7-16(12(19)20,13(21)22)17(8-10,14(23)24)15(25)26;;;;/h1-8H,(H,19,20)(H,21,22)(H,23,24)(H,25,26);4*1H. The van der Waals surface area contributed by atoms with E-state index in [4.69, 9.17) is 0 Å². The van der Waals surface area contributed by atoms with Gasteiger partial charge in [0, 0.05) is 11.1 Å². The van der Waals surface area contributed by atoms with Gasteiger partial charge in [0.1, 0.15) is 0 Å². The molecule has 2 rings (SSSR count). The Morgan fingerprint density at radius 1 is 0.633 bits per heavy atom. The van der Waals surface area contributed by atoms with E-state index in [9.17, 15) is 44.4 Å². The van der Waals surface area contributed by atoms with Crippen molar-refractivity contribution in [3.63, 3.8) is 0 Å². The number of ketones is 1. The summed E-state index contributed by atoms with van der Waals surface area (Å²) in [7, 11) is 0. The van der Waals surface area contributed by atoms with Crippen LogP contribution in [0, 0.1) is 10.8 Å². The number of hydrogen-bond acceptors (Lipinski definition) is 5. The molecule has 0 atom stereocenters. The summed E-state index contributed by atoms with van der Waals surface area (Å²) in [5.74, 6) is -9.60. The first-order chi connectivity index (χ1) is 12.1. The molecule has 4 N–H and O–H groups in total. The average molecular weight is 506 g/mol. The van der Waals surface area contributed by atoms with E-state index in [2.05, 4.69) is 0 Å². The van der Waals surface area contributed by atoms with Gasteiger partial charge in [0.15, 0.2) is 5.78 Å². The molecular weight excluding hydrogens is 490 g/mol. The Morgan fingerprint density at radius 3 is 1.40 bits per heavy atom. The van der Waals surface area contributed by atoms with Crippen molar-refractivity contribution < 1.29 is 44.4 Å². The maximum absolute atomic E-state index is 12.5. The number of hydrogen-bond donors (Lipinski definition) is 4. The van der Waals surface area contributed by atoms with Crippen molar-refractivity contribution >= 4 is 79.3 Å². The molecule has 1 aliphatic rings. The Kier molecular flexibility index (Phi) is 12.4. The third kappa shape index (κ3) is 4.59. The minimum atomic E-state index is -3.42. The number of aliphatic carboxylic acids is 4. The number of carboxylic acids is 4. The van der Waals surface area contributed by atoms with Crippen molar-refractivity contribution in [2.24, 2.45) is 10.8 Å². The summed E-state index contributed by atoms with van der Waals surface area (Å²) in [6.07, 6.45) is 1.59. The lowest BCUT2D eigenvalue weighted by molar-refractivity contribution is -0.185. The van der Waals surface area contributed by atoms with E-state index in [1.807, 2.05) is 0 Å². The SMILES string of the molecule is Cl.Cl.Cl.Cl.O=C(C1=CC(C(=O)O)(C(=O)O)C(C(=O)O)(C(=O)O)C=C1)c1ccccc1. The molecule has 1 aromatic carbocycles. The van der Waals surface area contributed by atoms with E-state index >= 15 is 0 Å². The molecule has 1 aromatic rings. The topological polar surface area (TPSA) is 166 Å². The van der Waals surface area contributed by atoms with Crippen molar-refractivity contribution in [1.82, 2.24) is 0 Å². The second-order valence-corrected chi connectivity index (χ2v) is 5.46. The highest BCUT2D eigenvalue weighted by molar-refractivity contribution is 6.19. The Morgan fingerprint density at radius 2 is 1.03 bits per heavy atom. The lowest BCUT2D eigenvalue weighted by atomic mass is 9.59. The van der Waals surface area contributed by atoms with Crippen LogP contribution in [-0.2, 0) is 19.2 Å². The first-order valence-electron chi connectivity index (χ1n) is 7.06. The molecule has 30 heavy (non-hydrogen) atoms. The molecule has 0 aliphatic heterocycles. The van der Waals surface area contributed by atoms with Crippen LogP contribution in [0.1, 0.15) is 10.4 Å². The van der Waals surface area contributed by atoms with E-state index < -0.39 is 46.1 Å². The van der Waals surface area contributed by atoms with Gasteiger partial charge in [0.05, 0.1) is 0 Å². The summed E-state index contributed by atoms with van der Waals surface area (Å²) in [5.41, 5.74) is -7.10. The zero-order chi connectivity index (χ0) is 19.7. The van der Waals surface area contributed by atoms with Crippen LogP contribution < -0.4 is 0 Å². The van der Waals surface area contributed by atoms with Crippen LogP contribution in [0.3, 0.4) is 0 Å². The minimum absolute atomic E-state index is 0. The number of benzene rings is 1. The van der Waals surface area contributed by atoms with Gasteiger partial charge in [-0.05, 0) is 6.08 Å². The molecule has 0 spiro atoms. The Bertz CT molecular complexity index is 866. The zero-order valence-electron chi connectivity index (χ0n) is 14.6. The van der Waals surface area contributed by atoms with E-state index in [1.165, 1.54) is 24.3 Å². The lowest BCUT2D eigenvalue weighted by Crippen LogP contribution is -2.60. The van der Waals surface area contributed by atoms with Gasteiger partial charge < -0.3 is 20.4 Å². The van der Waals surface area contributed by atoms with Gasteiger partial charge >= 0.3 is 23.9 Å². The van der Waals surface area contributed by atoms with Crippen molar-refractivity contribution in [2.75, 3.05) is 0 Å². The molecule has 0 bridgehead atoms. The monoisotopic (exact) mass is 504 g/mol. The summed E-state index contributed by atoms with van der Waals surface area (Å²) in [4.78, 5) is 59.2. The number of carbonyl (C=O) groups excluding carboxylic acids is 1. The maximum atomic E-state index is 12.5. The first-order valence-corrected chi connectivity index (χ1v) is 7.06. The molecule has 0 aromatic heterocycles. The van der Waals surface area contributed by atoms with Crippen molar-refractivity contribution in [3.05, 3.63) is 59.7 Å². The van der Waals surface area contributed by atoms with Crippen LogP contribution in [0.15, 0.2) is 54.1 Å². The maximum Gasteiger partial charge on any atom is 0.327 e. The quantitative estimate of drug-likeness (QED) is 0.335. The smallest absolute Gasteiger partial charge is 0.327 e. The van der Waals surface area contributed by atoms with Crippen LogP contribution in [-0.4, -0.2) is 50.1 Å². The van der Waals surface area contributed by atoms with Gasteiger partial charge in [0.25, 0.3) is 0 Å². The van der Waals surface area contributed by atoms with Crippen molar-refractivity contribution in [1.29, 1.82) is 0 Å². The molecule has 13 heteroatoms. The molecule has 0 saturated heterocycles. The van der Waals surface area contributed by atoms with Crippen LogP contribution in [0.4, 0.5) is 0 Å². The van der Waals surface area contributed by atoms with E-state index in [0.717, 1.165) is 6.08 Å². The second-order valence-electron chi connectivity index (χ2n) is 5.46. The summed E-state index contributed by atoms with van der Waals surface area (Å²) >= 11 is 0. The van der Waals surface area contributed by atoms with Gasteiger partial charge in [-0.15, -0.1) is 49.6 Å². The highest BCUT2D eigenvalue weighted by Crippen LogP contribution is 2.47. The number of Topliss-reactive ketones (excluding diaryl/α,β-unsaturated/α-hetero) is 1. The highest BCUT2D eigenvalue weighted by atomic mass is 35.5. The number of carbonyl (C=O) groups is 5. The summed E-state index contributed by atoms with van der Waals surface area (Å²) in [5, 5.41) is 37.7. The molecule has 166 valence electrons. The van der Waals surface area contributed by atoms with Gasteiger partial charge in [-0.25, -0.2) is 0 Å². The molecule has 0 heterocycles. The predicted molar refractivity (Wildman–Crippen MR) is 112 cm³/mol. The van der Waals surface area contributed by atoms with Crippen molar-refractivity contribution in [3.8, 4) is 0 Å². The Balaban J connectivity index is -0.00000182. The van der Waals surface area contributed by atoms with Crippen LogP contribution in [0.5, 0.6) is 0 Å². The Labute approximate surface area is 194 Å². The van der Waals surface area contributed by atoms with Gasteiger partial charge in [0.2, 0.25) is 10.8 Å². The zero-order valence-corrected chi connectivity index (χ0v) is 17.8. The van der Waals surface area contributed by atoms with Gasteiger partial charge in [-0.2, -0.15) is 0 Å². The third-order valence-electron chi connectivity index (χ3n) is 4.15. The normalized spacial score (nSPS) is 14.7. The first kappa shape index (κ1) is 32.1. The molecular formula is C17H16Cl4O9. The van der Waals surface area contributed by atoms with Gasteiger partial charge in [-0.1, -0.05) is 42.5 Å². The largest absolute Gasteiger partial charge is 0.480 e. The summed E-state index contributed by atoms with van der Waals surface area (Å²) < 4.78 is 0. The molecule has 1 aliphatic carbocycles. The molecule has 0 fully saturated rings. The predicted octanol–water partition coefficient (Wildman–Crippen LogP) is 2.36. The minimum Gasteiger partial charge on any atom is -0.480 e. The second kappa shape index (κ2) is 11.6. The van der Waals surface area contributed by atoms with Gasteiger partial charge in [-0.3, -0.25) is 24.0 Å². The highest BCUT2D eigenvalue weighted by Gasteiger charge is 2.70. The average Bonchev–Trinajstić information content (AvgIpc) is 2.60. The van der Waals surface area contributed by atoms with Crippen molar-refractivity contribution in [2.45, 2.75) is 0 Å². The number of carboxylic acid groups (broad SMARTS) is 4. The third-order valence-corrected chi connectivity index (χ3v) is 4.15. The lowest BCUT2D eigenvalue weighted by Gasteiger charge is -2.37. The van der Waals surface area contributed by atoms with Crippen LogP contribution in [0.2, 0.25) is 0 Å². The van der Waals surface area contributed by atoms with Crippen LogP contribution in [0.25, 0.3) is 0 Å². The molecule has 0 amide bonds. The summed E-state index contributed by atoms with van der Waals surface area (Å²) in [6, 6.07) is 7.41. The Hall–Kier alpha value is -2.59. The molecule has 0 saturated carbocycles. The fourth-order valence-corrected chi connectivity index (χ4v) is 2.76. The number of allylic oxidation sites excluding steroid dienone is 2.